The number of halogens is 1. The number of hydrogen-bond acceptors (Lipinski definition) is 5. The lowest BCUT2D eigenvalue weighted by molar-refractivity contribution is 0.190. The lowest BCUT2D eigenvalue weighted by Crippen LogP contribution is -2.44. The third-order valence-electron chi connectivity index (χ3n) is 3.67. The largest absolute Gasteiger partial charge is 0.334 e. The molecule has 0 spiro atoms. The summed E-state index contributed by atoms with van der Waals surface area (Å²) in [5.41, 5.74) is 2.10. The Morgan fingerprint density at radius 1 is 1.45 bits per heavy atom. The van der Waals surface area contributed by atoms with Gasteiger partial charge in [-0.25, -0.2) is 0 Å². The van der Waals surface area contributed by atoms with E-state index in [2.05, 4.69) is 43.3 Å². The zero-order valence-corrected chi connectivity index (χ0v) is 13.1. The standard InChI is InChI=1S/C14H17BrN4O/c1-9-7-10(15)3-4-11(9)14-17-13(18-20-14)12-8-16-5-6-19(12)2/h3-4,7,12,16H,5-6,8H2,1-2H3. The van der Waals surface area contributed by atoms with E-state index in [-0.39, 0.29) is 6.04 Å². The highest BCUT2D eigenvalue weighted by Gasteiger charge is 2.25. The van der Waals surface area contributed by atoms with Crippen LogP contribution < -0.4 is 5.32 Å². The number of likely N-dealkylation sites (N-methyl/N-ethyl adjacent to an activating group) is 1. The number of piperazine rings is 1. The van der Waals surface area contributed by atoms with Crippen molar-refractivity contribution in [2.45, 2.75) is 13.0 Å². The molecular formula is C14H17BrN4O. The van der Waals surface area contributed by atoms with E-state index in [1.807, 2.05) is 25.1 Å². The molecule has 106 valence electrons. The monoisotopic (exact) mass is 336 g/mol. The Labute approximate surface area is 126 Å². The molecule has 0 radical (unpaired) electrons. The minimum absolute atomic E-state index is 0.178. The van der Waals surface area contributed by atoms with Gasteiger partial charge in [-0.15, -0.1) is 0 Å². The summed E-state index contributed by atoms with van der Waals surface area (Å²) in [6.07, 6.45) is 0. The molecule has 20 heavy (non-hydrogen) atoms. The molecule has 1 aliphatic rings. The Hall–Kier alpha value is -1.24. The first kappa shape index (κ1) is 13.7. The molecule has 5 nitrogen and oxygen atoms in total. The molecule has 1 saturated heterocycles. The van der Waals surface area contributed by atoms with E-state index in [0.29, 0.717) is 5.89 Å². The molecule has 0 saturated carbocycles. The second kappa shape index (κ2) is 5.63. The van der Waals surface area contributed by atoms with Crippen LogP contribution in [0.1, 0.15) is 17.4 Å². The zero-order valence-electron chi connectivity index (χ0n) is 11.6. The topological polar surface area (TPSA) is 54.2 Å². The van der Waals surface area contributed by atoms with Crippen LogP contribution in [-0.4, -0.2) is 41.7 Å². The van der Waals surface area contributed by atoms with Gasteiger partial charge in [0, 0.05) is 29.7 Å². The molecule has 1 atom stereocenters. The first-order valence-electron chi connectivity index (χ1n) is 6.66. The normalized spacial score (nSPS) is 20.2. The van der Waals surface area contributed by atoms with Gasteiger partial charge in [-0.1, -0.05) is 21.1 Å². The van der Waals surface area contributed by atoms with Crippen molar-refractivity contribution >= 4 is 15.9 Å². The molecule has 1 aromatic carbocycles. The van der Waals surface area contributed by atoms with Crippen LogP contribution in [0.2, 0.25) is 0 Å². The molecule has 1 unspecified atom stereocenters. The predicted octanol–water partition coefficient (Wildman–Crippen LogP) is 2.38. The number of aryl methyl sites for hydroxylation is 1. The van der Waals surface area contributed by atoms with Crippen LogP contribution >= 0.6 is 15.9 Å². The summed E-state index contributed by atoms with van der Waals surface area (Å²) in [4.78, 5) is 6.82. The zero-order chi connectivity index (χ0) is 14.1. The van der Waals surface area contributed by atoms with Gasteiger partial charge in [-0.2, -0.15) is 4.98 Å². The maximum Gasteiger partial charge on any atom is 0.258 e. The van der Waals surface area contributed by atoms with Gasteiger partial charge in [-0.05, 0) is 37.7 Å². The number of nitrogens with zero attached hydrogens (tertiary/aromatic N) is 3. The summed E-state index contributed by atoms with van der Waals surface area (Å²) in [6.45, 7) is 4.89. The third-order valence-corrected chi connectivity index (χ3v) is 4.16. The third kappa shape index (κ3) is 2.63. The first-order valence-corrected chi connectivity index (χ1v) is 7.45. The molecule has 0 bridgehead atoms. The van der Waals surface area contributed by atoms with Crippen LogP contribution in [0, 0.1) is 6.92 Å². The fourth-order valence-corrected chi connectivity index (χ4v) is 2.92. The average molecular weight is 337 g/mol. The summed E-state index contributed by atoms with van der Waals surface area (Å²) in [5, 5.41) is 7.51. The van der Waals surface area contributed by atoms with Crippen molar-refractivity contribution in [3.05, 3.63) is 34.1 Å². The number of aromatic nitrogens is 2. The highest BCUT2D eigenvalue weighted by atomic mass is 79.9. The summed E-state index contributed by atoms with van der Waals surface area (Å²) in [5.74, 6) is 1.33. The fraction of sp³-hybridized carbons (Fsp3) is 0.429. The van der Waals surface area contributed by atoms with Gasteiger partial charge in [0.2, 0.25) is 0 Å². The van der Waals surface area contributed by atoms with Gasteiger partial charge in [0.25, 0.3) is 5.89 Å². The predicted molar refractivity (Wildman–Crippen MR) is 80.4 cm³/mol. The molecule has 3 rings (SSSR count). The molecule has 0 amide bonds. The van der Waals surface area contributed by atoms with E-state index in [9.17, 15) is 0 Å². The molecule has 0 aliphatic carbocycles. The molecule has 6 heteroatoms. The Balaban J connectivity index is 1.89. The van der Waals surface area contributed by atoms with Crippen LogP contribution in [0.3, 0.4) is 0 Å². The van der Waals surface area contributed by atoms with Crippen LogP contribution in [-0.2, 0) is 0 Å². The van der Waals surface area contributed by atoms with Gasteiger partial charge in [0.1, 0.15) is 0 Å². The minimum atomic E-state index is 0.178. The van der Waals surface area contributed by atoms with Gasteiger partial charge >= 0.3 is 0 Å². The van der Waals surface area contributed by atoms with E-state index in [1.54, 1.807) is 0 Å². The van der Waals surface area contributed by atoms with E-state index in [4.69, 9.17) is 4.52 Å². The van der Waals surface area contributed by atoms with Crippen molar-refractivity contribution in [2.24, 2.45) is 0 Å². The molecule has 1 N–H and O–H groups in total. The van der Waals surface area contributed by atoms with E-state index >= 15 is 0 Å². The van der Waals surface area contributed by atoms with Gasteiger partial charge < -0.3 is 9.84 Å². The second-order valence-corrected chi connectivity index (χ2v) is 6.03. The number of hydrogen-bond donors (Lipinski definition) is 1. The Morgan fingerprint density at radius 2 is 2.30 bits per heavy atom. The van der Waals surface area contributed by atoms with E-state index in [0.717, 1.165) is 41.1 Å². The van der Waals surface area contributed by atoms with Gasteiger partial charge in [0.15, 0.2) is 5.82 Å². The van der Waals surface area contributed by atoms with Crippen molar-refractivity contribution in [1.29, 1.82) is 0 Å². The maximum atomic E-state index is 5.44. The maximum absolute atomic E-state index is 5.44. The summed E-state index contributed by atoms with van der Waals surface area (Å²) in [7, 11) is 2.09. The lowest BCUT2D eigenvalue weighted by atomic mass is 10.1. The van der Waals surface area contributed by atoms with Gasteiger partial charge in [0.05, 0.1) is 6.04 Å². The van der Waals surface area contributed by atoms with Crippen LogP contribution in [0.25, 0.3) is 11.5 Å². The van der Waals surface area contributed by atoms with Crippen LogP contribution in [0.4, 0.5) is 0 Å². The number of rotatable bonds is 2. The van der Waals surface area contributed by atoms with E-state index < -0.39 is 0 Å². The van der Waals surface area contributed by atoms with Crippen LogP contribution in [0.15, 0.2) is 27.2 Å². The van der Waals surface area contributed by atoms with Crippen molar-refractivity contribution < 1.29 is 4.52 Å². The Bertz CT molecular complexity index is 613. The fourth-order valence-electron chi connectivity index (χ4n) is 2.44. The van der Waals surface area contributed by atoms with E-state index in [1.165, 1.54) is 0 Å². The highest BCUT2D eigenvalue weighted by Crippen LogP contribution is 2.26. The Morgan fingerprint density at radius 3 is 3.05 bits per heavy atom. The number of nitrogens with one attached hydrogen (secondary N) is 1. The molecule has 1 aliphatic heterocycles. The van der Waals surface area contributed by atoms with Crippen molar-refractivity contribution in [3.63, 3.8) is 0 Å². The highest BCUT2D eigenvalue weighted by molar-refractivity contribution is 9.10. The quantitative estimate of drug-likeness (QED) is 0.912. The second-order valence-electron chi connectivity index (χ2n) is 5.12. The molecule has 1 aromatic heterocycles. The number of benzene rings is 1. The SMILES string of the molecule is Cc1cc(Br)ccc1-c1nc(C2CNCCN2C)no1. The van der Waals surface area contributed by atoms with Crippen LogP contribution in [0.5, 0.6) is 0 Å². The van der Waals surface area contributed by atoms with Gasteiger partial charge in [-0.3, -0.25) is 4.90 Å². The minimum Gasteiger partial charge on any atom is -0.334 e. The summed E-state index contributed by atoms with van der Waals surface area (Å²) >= 11 is 3.46. The van der Waals surface area contributed by atoms with Crippen molar-refractivity contribution in [3.8, 4) is 11.5 Å². The first-order chi connectivity index (χ1) is 9.65. The van der Waals surface area contributed by atoms with Crippen molar-refractivity contribution in [1.82, 2.24) is 20.4 Å². The summed E-state index contributed by atoms with van der Waals surface area (Å²) < 4.78 is 6.49. The smallest absolute Gasteiger partial charge is 0.258 e. The molecule has 1 fully saturated rings. The molecular weight excluding hydrogens is 320 g/mol. The molecule has 2 aromatic rings. The molecule has 2 heterocycles. The Kier molecular flexibility index (Phi) is 3.87. The summed E-state index contributed by atoms with van der Waals surface area (Å²) in [6, 6.07) is 6.21. The van der Waals surface area contributed by atoms with Crippen molar-refractivity contribution in [2.75, 3.05) is 26.7 Å². The lowest BCUT2D eigenvalue weighted by Gasteiger charge is -2.30. The average Bonchev–Trinajstić information content (AvgIpc) is 2.88.